The second-order valence-corrected chi connectivity index (χ2v) is 12.2. The number of ether oxygens (including phenoxy) is 1. The number of rotatable bonds is 5. The summed E-state index contributed by atoms with van der Waals surface area (Å²) in [6.07, 6.45) is 4.14. The summed E-state index contributed by atoms with van der Waals surface area (Å²) in [5.74, 6) is -0.864. The van der Waals surface area contributed by atoms with Crippen LogP contribution in [0.1, 0.15) is 66.0 Å². The third-order valence-electron chi connectivity index (χ3n) is 8.08. The van der Waals surface area contributed by atoms with E-state index in [4.69, 9.17) is 15.5 Å². The Morgan fingerprint density at radius 1 is 1.12 bits per heavy atom. The molecule has 5 rings (SSSR count). The van der Waals surface area contributed by atoms with Gasteiger partial charge < -0.3 is 25.6 Å². The van der Waals surface area contributed by atoms with Crippen molar-refractivity contribution in [2.24, 2.45) is 17.6 Å². The number of piperidine rings is 2. The number of primary amides is 1. The lowest BCUT2D eigenvalue weighted by Gasteiger charge is -2.38. The average molecular weight is 565 g/mol. The van der Waals surface area contributed by atoms with Crippen LogP contribution >= 0.6 is 11.3 Å². The molecule has 2 aromatic heterocycles. The molecule has 0 aliphatic carbocycles. The lowest BCUT2D eigenvalue weighted by molar-refractivity contribution is -0.146. The third-order valence-corrected chi connectivity index (χ3v) is 9.25. The molecule has 212 valence electrons. The molecule has 3 amide bonds. The minimum absolute atomic E-state index is 0.0165. The topological polar surface area (TPSA) is 131 Å². The molecule has 0 saturated carbocycles. The molecule has 4 atom stereocenters. The quantitative estimate of drug-likeness (QED) is 0.451. The highest BCUT2D eigenvalue weighted by atomic mass is 32.1. The number of thiazole rings is 1. The minimum atomic E-state index is -0.797. The van der Waals surface area contributed by atoms with Crippen LogP contribution in [0.5, 0.6) is 5.88 Å². The minimum Gasteiger partial charge on any atom is -0.480 e. The number of nitrogens with zero attached hydrogens (tertiary/aromatic N) is 4. The maximum atomic E-state index is 13.5. The van der Waals surface area contributed by atoms with Gasteiger partial charge in [0.15, 0.2) is 0 Å². The molecule has 4 heterocycles. The van der Waals surface area contributed by atoms with Crippen LogP contribution in [0, 0.1) is 11.8 Å². The Bertz CT molecular complexity index is 1440. The first-order valence-corrected chi connectivity index (χ1v) is 14.5. The number of likely N-dealkylation sites (tertiary alicyclic amines) is 2. The van der Waals surface area contributed by atoms with E-state index in [2.05, 4.69) is 54.3 Å². The lowest BCUT2D eigenvalue weighted by Crippen LogP contribution is -2.46. The molecule has 3 aromatic rings. The summed E-state index contributed by atoms with van der Waals surface area (Å²) in [4.78, 5) is 51.4. The zero-order valence-corrected chi connectivity index (χ0v) is 24.2. The Labute approximate surface area is 237 Å². The zero-order chi connectivity index (χ0) is 28.6. The van der Waals surface area contributed by atoms with Crippen LogP contribution in [-0.2, 0) is 9.59 Å². The highest BCUT2D eigenvalue weighted by Gasteiger charge is 2.35. The van der Waals surface area contributed by atoms with E-state index in [9.17, 15) is 14.4 Å². The molecule has 0 radical (unpaired) electrons. The van der Waals surface area contributed by atoms with Gasteiger partial charge in [-0.25, -0.2) is 9.97 Å². The molecular weight excluding hydrogens is 528 g/mol. The molecule has 40 heavy (non-hydrogen) atoms. The van der Waals surface area contributed by atoms with Gasteiger partial charge in [0.05, 0.1) is 40.3 Å². The van der Waals surface area contributed by atoms with Crippen LogP contribution in [-0.4, -0.2) is 71.3 Å². The van der Waals surface area contributed by atoms with Crippen LogP contribution in [0.4, 0.5) is 5.69 Å². The summed E-state index contributed by atoms with van der Waals surface area (Å²) in [7, 11) is 3.54. The summed E-state index contributed by atoms with van der Waals surface area (Å²) < 4.78 is 6.19. The summed E-state index contributed by atoms with van der Waals surface area (Å²) in [5.41, 5.74) is 7.54. The molecule has 0 spiro atoms. The van der Waals surface area contributed by atoms with Crippen LogP contribution in [0.2, 0.25) is 0 Å². The molecule has 0 unspecified atom stereocenters. The maximum Gasteiger partial charge on any atom is 0.313 e. The molecule has 2 fully saturated rings. The van der Waals surface area contributed by atoms with Crippen LogP contribution in [0.15, 0.2) is 30.5 Å². The van der Waals surface area contributed by atoms with Gasteiger partial charge in [-0.1, -0.05) is 19.9 Å². The summed E-state index contributed by atoms with van der Waals surface area (Å²) in [6.45, 7) is 7.00. The Balaban J connectivity index is 1.37. The normalized spacial score (nSPS) is 23.6. The number of nitrogens with two attached hydrogens (primary N) is 1. The number of fused-ring (bicyclic) bond motifs is 1. The standard InChI is InChI=1S/C29H36N6O4S/c1-16-5-7-23(18-6-8-24-22(11-18)33-28(40-24)20-9-10-34(3)15-17(20)2)35(14-16)29(38)26(37)32-19-12-21(25(30)36)27(39-4)31-13-19/h6,8,11-13,16-17,20,23H,5,7,9-10,14-15H2,1-4H3,(H2,30,36)(H,32,37)/t16-,17-,20-,23+/m0/s1. The largest absolute Gasteiger partial charge is 0.480 e. The second kappa shape index (κ2) is 11.5. The molecule has 11 heteroatoms. The summed E-state index contributed by atoms with van der Waals surface area (Å²) in [6, 6.07) is 7.37. The van der Waals surface area contributed by atoms with E-state index < -0.39 is 17.7 Å². The van der Waals surface area contributed by atoms with Crippen molar-refractivity contribution in [2.75, 3.05) is 39.1 Å². The number of hydrogen-bond donors (Lipinski definition) is 2. The van der Waals surface area contributed by atoms with Crippen molar-refractivity contribution in [3.63, 3.8) is 0 Å². The number of aromatic nitrogens is 2. The lowest BCUT2D eigenvalue weighted by atomic mass is 9.87. The molecule has 2 saturated heterocycles. The first kappa shape index (κ1) is 28.0. The van der Waals surface area contributed by atoms with Gasteiger partial charge in [-0.3, -0.25) is 14.4 Å². The predicted molar refractivity (Wildman–Crippen MR) is 154 cm³/mol. The molecule has 3 N–H and O–H groups in total. The number of carbonyl (C=O) groups excluding carboxylic acids is 3. The fourth-order valence-electron chi connectivity index (χ4n) is 5.95. The van der Waals surface area contributed by atoms with Crippen molar-refractivity contribution in [3.05, 3.63) is 46.6 Å². The van der Waals surface area contributed by atoms with E-state index >= 15 is 0 Å². The van der Waals surface area contributed by atoms with Crippen molar-refractivity contribution in [1.29, 1.82) is 0 Å². The van der Waals surface area contributed by atoms with E-state index in [1.54, 1.807) is 16.2 Å². The number of benzene rings is 1. The van der Waals surface area contributed by atoms with Gasteiger partial charge in [0.1, 0.15) is 5.56 Å². The van der Waals surface area contributed by atoms with Crippen molar-refractivity contribution in [3.8, 4) is 5.88 Å². The van der Waals surface area contributed by atoms with Crippen molar-refractivity contribution in [2.45, 2.75) is 45.1 Å². The monoisotopic (exact) mass is 564 g/mol. The Morgan fingerprint density at radius 2 is 1.93 bits per heavy atom. The number of carbonyl (C=O) groups is 3. The predicted octanol–water partition coefficient (Wildman–Crippen LogP) is 3.79. The van der Waals surface area contributed by atoms with Gasteiger partial charge >= 0.3 is 11.8 Å². The number of methoxy groups -OCH3 is 1. The van der Waals surface area contributed by atoms with Gasteiger partial charge in [0, 0.05) is 19.0 Å². The fraction of sp³-hybridized carbons (Fsp3) is 0.483. The van der Waals surface area contributed by atoms with Crippen LogP contribution in [0.25, 0.3) is 10.2 Å². The van der Waals surface area contributed by atoms with Crippen molar-refractivity contribution < 1.29 is 19.1 Å². The molecule has 2 aliphatic heterocycles. The number of anilines is 1. The Morgan fingerprint density at radius 3 is 2.65 bits per heavy atom. The van der Waals surface area contributed by atoms with Gasteiger partial charge in [0.2, 0.25) is 5.88 Å². The fourth-order valence-corrected chi connectivity index (χ4v) is 7.16. The number of pyridine rings is 1. The van der Waals surface area contributed by atoms with Gasteiger partial charge in [0.25, 0.3) is 5.91 Å². The van der Waals surface area contributed by atoms with E-state index in [-0.39, 0.29) is 29.1 Å². The van der Waals surface area contributed by atoms with Gasteiger partial charge in [-0.05, 0) is 68.5 Å². The van der Waals surface area contributed by atoms with Crippen LogP contribution in [0.3, 0.4) is 0 Å². The smallest absolute Gasteiger partial charge is 0.313 e. The maximum absolute atomic E-state index is 13.5. The molecule has 2 aliphatic rings. The molecular formula is C29H36N6O4S. The summed E-state index contributed by atoms with van der Waals surface area (Å²) >= 11 is 1.76. The average Bonchev–Trinajstić information content (AvgIpc) is 3.35. The third kappa shape index (κ3) is 5.66. The van der Waals surface area contributed by atoms with Crippen molar-refractivity contribution >= 4 is 45.0 Å². The molecule has 10 nitrogen and oxygen atoms in total. The van der Waals surface area contributed by atoms with Gasteiger partial charge in [-0.15, -0.1) is 11.3 Å². The number of hydrogen-bond acceptors (Lipinski definition) is 8. The number of nitrogens with one attached hydrogen (secondary N) is 1. The SMILES string of the molecule is COc1ncc(NC(=O)C(=O)N2C[C@@H](C)CC[C@@H]2c2ccc3sc([C@H]4CCN(C)C[C@@H]4C)nc3c2)cc1C(N)=O. The molecule has 0 bridgehead atoms. The Hall–Kier alpha value is -3.57. The van der Waals surface area contributed by atoms with Gasteiger partial charge in [-0.2, -0.15) is 0 Å². The van der Waals surface area contributed by atoms with Crippen LogP contribution < -0.4 is 15.8 Å². The number of amides is 3. The summed E-state index contributed by atoms with van der Waals surface area (Å²) in [5, 5.41) is 3.76. The molecule has 1 aromatic carbocycles. The van der Waals surface area contributed by atoms with E-state index in [1.165, 1.54) is 24.4 Å². The van der Waals surface area contributed by atoms with Crippen molar-refractivity contribution in [1.82, 2.24) is 19.8 Å². The second-order valence-electron chi connectivity index (χ2n) is 11.2. The van der Waals surface area contributed by atoms with E-state index in [0.717, 1.165) is 48.1 Å². The van der Waals surface area contributed by atoms with E-state index in [0.29, 0.717) is 18.4 Å². The first-order chi connectivity index (χ1) is 19.1. The first-order valence-electron chi connectivity index (χ1n) is 13.7. The highest BCUT2D eigenvalue weighted by Crippen LogP contribution is 2.39. The Kier molecular flexibility index (Phi) is 8.04. The zero-order valence-electron chi connectivity index (χ0n) is 23.3. The highest BCUT2D eigenvalue weighted by molar-refractivity contribution is 7.18. The van der Waals surface area contributed by atoms with E-state index in [1.807, 2.05) is 0 Å².